The molecule has 0 radical (unpaired) electrons. The molecule has 7 heteroatoms. The first-order chi connectivity index (χ1) is 14.2. The lowest BCUT2D eigenvalue weighted by Gasteiger charge is -2.40. The van der Waals surface area contributed by atoms with Crippen LogP contribution in [0, 0.1) is 0 Å². The monoisotopic (exact) mass is 546 g/mol. The highest BCUT2D eigenvalue weighted by atomic mass is 127. The number of aliphatic imine (C=N–C) groups is 1. The topological polar surface area (TPSA) is 56.7 Å². The van der Waals surface area contributed by atoms with Crippen LogP contribution in [-0.2, 0) is 16.6 Å². The zero-order valence-corrected chi connectivity index (χ0v) is 21.5. The van der Waals surface area contributed by atoms with Gasteiger partial charge >= 0.3 is 0 Å². The molecule has 1 heterocycles. The molecule has 0 amide bonds. The molecule has 2 atom stereocenters. The summed E-state index contributed by atoms with van der Waals surface area (Å²) in [6, 6.07) is 11.3. The third kappa shape index (κ3) is 8.83. The average molecular weight is 547 g/mol. The van der Waals surface area contributed by atoms with Gasteiger partial charge in [-0.25, -0.2) is 0 Å². The van der Waals surface area contributed by atoms with E-state index in [-0.39, 0.29) is 24.0 Å². The second-order valence-corrected chi connectivity index (χ2v) is 9.88. The maximum Gasteiger partial charge on any atom is 0.191 e. The Hall–Kier alpha value is -0.670. The molecule has 0 aromatic heterocycles. The molecular formula is C23H39IN4OS. The summed E-state index contributed by atoms with van der Waals surface area (Å²) in [5, 5.41) is 7.02. The predicted molar refractivity (Wildman–Crippen MR) is 139 cm³/mol. The molecule has 0 bridgehead atoms. The first-order valence-corrected chi connectivity index (χ1v) is 12.9. The van der Waals surface area contributed by atoms with E-state index >= 15 is 0 Å². The number of nitrogens with zero attached hydrogens (tertiary/aromatic N) is 2. The summed E-state index contributed by atoms with van der Waals surface area (Å²) in [6.07, 6.45) is 9.40. The lowest BCUT2D eigenvalue weighted by Crippen LogP contribution is -2.53. The molecule has 1 saturated heterocycles. The number of nitrogens with one attached hydrogen (secondary N) is 2. The fraction of sp³-hybridized carbons (Fsp3) is 0.696. The second kappa shape index (κ2) is 14.4. The van der Waals surface area contributed by atoms with Crippen molar-refractivity contribution in [3.8, 4) is 0 Å². The lowest BCUT2D eigenvalue weighted by atomic mass is 9.92. The number of rotatable bonds is 8. The van der Waals surface area contributed by atoms with Crippen LogP contribution in [0.1, 0.15) is 57.4 Å². The van der Waals surface area contributed by atoms with Gasteiger partial charge in [-0.1, -0.05) is 49.6 Å². The summed E-state index contributed by atoms with van der Waals surface area (Å²) in [6.45, 7) is 5.90. The lowest BCUT2D eigenvalue weighted by molar-refractivity contribution is 0.115. The molecule has 2 N–H and O–H groups in total. The average Bonchev–Trinajstić information content (AvgIpc) is 2.75. The predicted octanol–water partition coefficient (Wildman–Crippen LogP) is 3.91. The number of guanidine groups is 1. The summed E-state index contributed by atoms with van der Waals surface area (Å²) < 4.78 is 12.4. The normalized spacial score (nSPS) is 22.2. The Labute approximate surface area is 202 Å². The molecule has 30 heavy (non-hydrogen) atoms. The number of hydrogen-bond donors (Lipinski definition) is 2. The van der Waals surface area contributed by atoms with Crippen LogP contribution in [0.2, 0.25) is 0 Å². The van der Waals surface area contributed by atoms with Crippen molar-refractivity contribution in [1.29, 1.82) is 0 Å². The molecule has 1 aromatic carbocycles. The molecular weight excluding hydrogens is 507 g/mol. The van der Waals surface area contributed by atoms with E-state index in [0.717, 1.165) is 30.7 Å². The minimum absolute atomic E-state index is 0. The Balaban J connectivity index is 0.00000320. The van der Waals surface area contributed by atoms with Gasteiger partial charge in [0.2, 0.25) is 0 Å². The first-order valence-electron chi connectivity index (χ1n) is 11.4. The van der Waals surface area contributed by atoms with Crippen molar-refractivity contribution in [2.75, 3.05) is 31.9 Å². The van der Waals surface area contributed by atoms with Gasteiger partial charge in [0.15, 0.2) is 5.96 Å². The molecule has 2 unspecified atom stereocenters. The van der Waals surface area contributed by atoms with E-state index in [1.807, 2.05) is 30.3 Å². The molecule has 1 aromatic rings. The highest BCUT2D eigenvalue weighted by molar-refractivity contribution is 14.0. The van der Waals surface area contributed by atoms with E-state index in [1.165, 1.54) is 51.5 Å². The zero-order chi connectivity index (χ0) is 20.3. The fourth-order valence-corrected chi connectivity index (χ4v) is 5.51. The van der Waals surface area contributed by atoms with Crippen molar-refractivity contribution in [2.24, 2.45) is 4.99 Å². The Kier molecular flexibility index (Phi) is 12.3. The Bertz CT molecular complexity index is 652. The van der Waals surface area contributed by atoms with Gasteiger partial charge in [-0.15, -0.1) is 24.0 Å². The fourth-order valence-electron chi connectivity index (χ4n) is 4.51. The van der Waals surface area contributed by atoms with Crippen LogP contribution < -0.4 is 10.6 Å². The Morgan fingerprint density at radius 1 is 1.13 bits per heavy atom. The largest absolute Gasteiger partial charge is 0.357 e. The highest BCUT2D eigenvalue weighted by Gasteiger charge is 2.27. The molecule has 2 aliphatic rings. The third-order valence-electron chi connectivity index (χ3n) is 5.99. The quantitative estimate of drug-likeness (QED) is 0.295. The van der Waals surface area contributed by atoms with Crippen molar-refractivity contribution < 1.29 is 4.21 Å². The van der Waals surface area contributed by atoms with Crippen LogP contribution in [-0.4, -0.2) is 59.1 Å². The second-order valence-electron chi connectivity index (χ2n) is 8.30. The molecule has 170 valence electrons. The number of likely N-dealkylation sites (tertiary alicyclic amines) is 1. The Morgan fingerprint density at radius 3 is 2.63 bits per heavy atom. The molecule has 0 spiro atoms. The number of piperidine rings is 1. The molecule has 1 saturated carbocycles. The van der Waals surface area contributed by atoms with Gasteiger partial charge in [0.05, 0.1) is 6.54 Å². The summed E-state index contributed by atoms with van der Waals surface area (Å²) in [7, 11) is -0.878. The van der Waals surface area contributed by atoms with Crippen molar-refractivity contribution in [2.45, 2.75) is 69.7 Å². The summed E-state index contributed by atoms with van der Waals surface area (Å²) >= 11 is 0. The van der Waals surface area contributed by atoms with Crippen molar-refractivity contribution >= 4 is 40.7 Å². The number of benzene rings is 1. The van der Waals surface area contributed by atoms with Gasteiger partial charge < -0.3 is 10.6 Å². The smallest absolute Gasteiger partial charge is 0.191 e. The van der Waals surface area contributed by atoms with E-state index in [4.69, 9.17) is 4.99 Å². The first kappa shape index (κ1) is 25.6. The molecule has 1 aliphatic carbocycles. The SMILES string of the molecule is CCNC(=NCCS(=O)Cc1ccccc1)NC1CCCN(C2CCCCC2)C1.I. The van der Waals surface area contributed by atoms with E-state index in [9.17, 15) is 4.21 Å². The minimum atomic E-state index is -0.878. The third-order valence-corrected chi connectivity index (χ3v) is 7.28. The minimum Gasteiger partial charge on any atom is -0.357 e. The van der Waals surface area contributed by atoms with Gasteiger partial charge in [-0.3, -0.25) is 14.1 Å². The summed E-state index contributed by atoms with van der Waals surface area (Å²) in [5.41, 5.74) is 1.13. The molecule has 3 rings (SSSR count). The number of halogens is 1. The van der Waals surface area contributed by atoms with E-state index in [1.54, 1.807) is 0 Å². The maximum atomic E-state index is 12.4. The van der Waals surface area contributed by atoms with Crippen LogP contribution in [0.25, 0.3) is 0 Å². The van der Waals surface area contributed by atoms with Crippen molar-refractivity contribution in [3.63, 3.8) is 0 Å². The van der Waals surface area contributed by atoms with E-state index in [0.29, 0.717) is 24.1 Å². The van der Waals surface area contributed by atoms with Gasteiger partial charge in [0.25, 0.3) is 0 Å². The highest BCUT2D eigenvalue weighted by Crippen LogP contribution is 2.25. The van der Waals surface area contributed by atoms with E-state index in [2.05, 4.69) is 22.5 Å². The molecule has 5 nitrogen and oxygen atoms in total. The van der Waals surface area contributed by atoms with Crippen molar-refractivity contribution in [3.05, 3.63) is 35.9 Å². The summed E-state index contributed by atoms with van der Waals surface area (Å²) in [5.74, 6) is 2.09. The van der Waals surface area contributed by atoms with Gasteiger partial charge in [0, 0.05) is 47.5 Å². The van der Waals surface area contributed by atoms with Crippen LogP contribution in [0.3, 0.4) is 0 Å². The van der Waals surface area contributed by atoms with Crippen LogP contribution in [0.5, 0.6) is 0 Å². The molecule has 1 aliphatic heterocycles. The maximum absolute atomic E-state index is 12.4. The zero-order valence-electron chi connectivity index (χ0n) is 18.4. The molecule has 2 fully saturated rings. The van der Waals surface area contributed by atoms with Gasteiger partial charge in [-0.05, 0) is 44.7 Å². The van der Waals surface area contributed by atoms with Gasteiger partial charge in [-0.2, -0.15) is 0 Å². The van der Waals surface area contributed by atoms with Gasteiger partial charge in [0.1, 0.15) is 0 Å². The summed E-state index contributed by atoms with van der Waals surface area (Å²) in [4.78, 5) is 7.42. The number of hydrogen-bond acceptors (Lipinski definition) is 3. The van der Waals surface area contributed by atoms with Crippen LogP contribution >= 0.6 is 24.0 Å². The van der Waals surface area contributed by atoms with Crippen LogP contribution in [0.4, 0.5) is 0 Å². The Morgan fingerprint density at radius 2 is 1.90 bits per heavy atom. The van der Waals surface area contributed by atoms with E-state index < -0.39 is 10.8 Å². The van der Waals surface area contributed by atoms with Crippen molar-refractivity contribution in [1.82, 2.24) is 15.5 Å². The standard InChI is InChI=1S/C23H38N4OS.HI/c1-2-24-23(25-15-17-29(28)19-20-10-5-3-6-11-20)26-21-12-9-16-27(18-21)22-13-7-4-8-14-22;/h3,5-6,10-11,21-22H,2,4,7-9,12-19H2,1H3,(H2,24,25,26);1H. The van der Waals surface area contributed by atoms with Crippen LogP contribution in [0.15, 0.2) is 35.3 Å².